The fourth-order valence-corrected chi connectivity index (χ4v) is 4.91. The number of nitrogens with one attached hydrogen (secondary N) is 1. The van der Waals surface area contributed by atoms with E-state index in [9.17, 15) is 9.18 Å². The molecule has 6 rings (SSSR count). The van der Waals surface area contributed by atoms with E-state index < -0.39 is 0 Å². The number of halogens is 1. The van der Waals surface area contributed by atoms with Gasteiger partial charge in [0.05, 0.1) is 11.1 Å². The summed E-state index contributed by atoms with van der Waals surface area (Å²) in [4.78, 5) is 21.9. The zero-order valence-electron chi connectivity index (χ0n) is 20.4. The normalized spacial score (nSPS) is 15.9. The van der Waals surface area contributed by atoms with E-state index in [-0.39, 0.29) is 17.9 Å². The average molecular weight is 496 g/mol. The van der Waals surface area contributed by atoms with Crippen molar-refractivity contribution in [2.45, 2.75) is 19.5 Å². The number of hydrogen-bond donors (Lipinski definition) is 1. The number of rotatable bonds is 4. The molecule has 0 aliphatic carbocycles. The Labute approximate surface area is 213 Å². The van der Waals surface area contributed by atoms with Crippen LogP contribution in [0.5, 0.6) is 0 Å². The highest BCUT2D eigenvalue weighted by molar-refractivity contribution is 5.93. The van der Waals surface area contributed by atoms with Crippen LogP contribution in [0.2, 0.25) is 0 Å². The third-order valence-electron chi connectivity index (χ3n) is 6.80. The van der Waals surface area contributed by atoms with Crippen molar-refractivity contribution < 1.29 is 9.18 Å². The molecule has 37 heavy (non-hydrogen) atoms. The summed E-state index contributed by atoms with van der Waals surface area (Å²) < 4.78 is 16.6. The van der Waals surface area contributed by atoms with Crippen LogP contribution in [0.15, 0.2) is 78.9 Å². The monoisotopic (exact) mass is 495 g/mol. The van der Waals surface area contributed by atoms with Crippen molar-refractivity contribution in [2.24, 2.45) is 0 Å². The number of fused-ring (bicyclic) bond motifs is 3. The minimum atomic E-state index is -0.371. The number of para-hydroxylation sites is 1. The zero-order chi connectivity index (χ0) is 25.4. The van der Waals surface area contributed by atoms with Crippen molar-refractivity contribution in [3.63, 3.8) is 0 Å². The van der Waals surface area contributed by atoms with Gasteiger partial charge in [-0.05, 0) is 36.8 Å². The molecule has 5 aromatic rings. The number of nitrogens with zero attached hydrogens (tertiary/aromatic N) is 6. The summed E-state index contributed by atoms with van der Waals surface area (Å²) in [6.07, 6.45) is 0. The molecule has 0 bridgehead atoms. The first-order chi connectivity index (χ1) is 18.1. The first-order valence-electron chi connectivity index (χ1n) is 12.3. The zero-order valence-corrected chi connectivity index (χ0v) is 20.4. The molecule has 0 radical (unpaired) electrons. The van der Waals surface area contributed by atoms with Crippen LogP contribution in [-0.4, -0.2) is 56.2 Å². The van der Waals surface area contributed by atoms with Gasteiger partial charge < -0.3 is 15.1 Å². The first kappa shape index (κ1) is 22.9. The highest BCUT2D eigenvalue weighted by Crippen LogP contribution is 2.30. The van der Waals surface area contributed by atoms with Crippen LogP contribution < -0.4 is 10.2 Å². The second-order valence-electron chi connectivity index (χ2n) is 9.22. The average Bonchev–Trinajstić information content (AvgIpc) is 3.37. The first-order valence-corrected chi connectivity index (χ1v) is 12.3. The number of piperazine rings is 1. The summed E-state index contributed by atoms with van der Waals surface area (Å²) >= 11 is 0. The van der Waals surface area contributed by atoms with Crippen molar-refractivity contribution in [3.05, 3.63) is 90.2 Å². The Balaban J connectivity index is 1.33. The summed E-state index contributed by atoms with van der Waals surface area (Å²) in [5.74, 6) is 0.661. The van der Waals surface area contributed by atoms with Crippen LogP contribution >= 0.6 is 0 Å². The summed E-state index contributed by atoms with van der Waals surface area (Å²) in [5.41, 5.74) is 2.82. The van der Waals surface area contributed by atoms with Gasteiger partial charge in [0.1, 0.15) is 5.82 Å². The van der Waals surface area contributed by atoms with E-state index in [1.807, 2.05) is 70.8 Å². The van der Waals surface area contributed by atoms with E-state index in [4.69, 9.17) is 4.98 Å². The van der Waals surface area contributed by atoms with Crippen molar-refractivity contribution in [2.75, 3.05) is 24.5 Å². The smallest absolute Gasteiger partial charge is 0.318 e. The van der Waals surface area contributed by atoms with E-state index >= 15 is 0 Å². The molecule has 186 valence electrons. The number of amides is 2. The molecule has 0 spiro atoms. The maximum absolute atomic E-state index is 14.8. The number of carbonyl (C=O) groups is 1. The molecule has 2 aromatic heterocycles. The Hall–Kier alpha value is -4.53. The molecule has 1 saturated heterocycles. The molecular formula is C28H26FN7O. The second kappa shape index (κ2) is 9.50. The van der Waals surface area contributed by atoms with E-state index in [1.165, 1.54) is 6.07 Å². The van der Waals surface area contributed by atoms with Gasteiger partial charge in [-0.25, -0.2) is 18.6 Å². The number of aromatic nitrogens is 4. The number of carbonyl (C=O) groups excluding carboxylic acids is 1. The summed E-state index contributed by atoms with van der Waals surface area (Å²) in [7, 11) is 0. The van der Waals surface area contributed by atoms with E-state index in [0.717, 1.165) is 16.5 Å². The Morgan fingerprint density at radius 2 is 1.73 bits per heavy atom. The fourth-order valence-electron chi connectivity index (χ4n) is 4.91. The standard InChI is InChI=1S/C28H26FN7O/c1-19-18-34(15-16-35(19)28(37)30-17-20-9-3-2-4-10-20)27-31-24-14-8-6-12-22(24)26-33-32-25(36(26)27)21-11-5-7-13-23(21)29/h2-14,19H,15-18H2,1H3,(H,30,37). The molecule has 1 aliphatic rings. The number of hydrogen-bond acceptors (Lipinski definition) is 5. The SMILES string of the molecule is CC1CN(c2nc3ccccc3c3nnc(-c4ccccc4F)n23)CCN1C(=O)NCc1ccccc1. The molecule has 3 aromatic carbocycles. The summed E-state index contributed by atoms with van der Waals surface area (Å²) in [6.45, 7) is 4.16. The van der Waals surface area contributed by atoms with Gasteiger partial charge in [-0.2, -0.15) is 0 Å². The van der Waals surface area contributed by atoms with Crippen LogP contribution in [0.25, 0.3) is 27.9 Å². The summed E-state index contributed by atoms with van der Waals surface area (Å²) in [5, 5.41) is 12.7. The molecule has 8 nitrogen and oxygen atoms in total. The molecular weight excluding hydrogens is 469 g/mol. The van der Waals surface area contributed by atoms with Crippen LogP contribution in [0.3, 0.4) is 0 Å². The van der Waals surface area contributed by atoms with Crippen LogP contribution in [-0.2, 0) is 6.54 Å². The Morgan fingerprint density at radius 1 is 0.973 bits per heavy atom. The Kier molecular flexibility index (Phi) is 5.88. The van der Waals surface area contributed by atoms with E-state index in [2.05, 4.69) is 20.4 Å². The number of anilines is 1. The van der Waals surface area contributed by atoms with Gasteiger partial charge in [0, 0.05) is 37.6 Å². The molecule has 1 N–H and O–H groups in total. The third kappa shape index (κ3) is 4.22. The molecule has 0 saturated carbocycles. The highest BCUT2D eigenvalue weighted by atomic mass is 19.1. The molecule has 1 atom stereocenters. The second-order valence-corrected chi connectivity index (χ2v) is 9.22. The Bertz CT molecular complexity index is 1590. The summed E-state index contributed by atoms with van der Waals surface area (Å²) in [6, 6.07) is 24.0. The maximum atomic E-state index is 14.8. The molecule has 1 unspecified atom stereocenters. The fraction of sp³-hybridized carbons (Fsp3) is 0.214. The van der Waals surface area contributed by atoms with Gasteiger partial charge in [0.15, 0.2) is 11.5 Å². The van der Waals surface area contributed by atoms with Crippen molar-refractivity contribution in [1.29, 1.82) is 0 Å². The lowest BCUT2D eigenvalue weighted by Crippen LogP contribution is -2.57. The largest absolute Gasteiger partial charge is 0.338 e. The van der Waals surface area contributed by atoms with Gasteiger partial charge in [-0.3, -0.25) is 0 Å². The topological polar surface area (TPSA) is 78.7 Å². The number of benzene rings is 3. The lowest BCUT2D eigenvalue weighted by Gasteiger charge is -2.40. The lowest BCUT2D eigenvalue weighted by molar-refractivity contribution is 0.170. The van der Waals surface area contributed by atoms with Gasteiger partial charge >= 0.3 is 6.03 Å². The van der Waals surface area contributed by atoms with E-state index in [0.29, 0.717) is 49.2 Å². The quantitative estimate of drug-likeness (QED) is 0.397. The van der Waals surface area contributed by atoms with Crippen LogP contribution in [0, 0.1) is 5.82 Å². The third-order valence-corrected chi connectivity index (χ3v) is 6.80. The predicted octanol–water partition coefficient (Wildman–Crippen LogP) is 4.50. The molecule has 9 heteroatoms. The van der Waals surface area contributed by atoms with Crippen LogP contribution in [0.1, 0.15) is 12.5 Å². The van der Waals surface area contributed by atoms with Crippen LogP contribution in [0.4, 0.5) is 15.1 Å². The van der Waals surface area contributed by atoms with Crippen molar-refractivity contribution >= 4 is 28.5 Å². The molecule has 3 heterocycles. The van der Waals surface area contributed by atoms with Gasteiger partial charge in [0.2, 0.25) is 5.95 Å². The van der Waals surface area contributed by atoms with Crippen molar-refractivity contribution in [1.82, 2.24) is 29.8 Å². The van der Waals surface area contributed by atoms with Gasteiger partial charge in [-0.1, -0.05) is 54.6 Å². The van der Waals surface area contributed by atoms with Crippen molar-refractivity contribution in [3.8, 4) is 11.4 Å². The van der Waals surface area contributed by atoms with Gasteiger partial charge in [-0.15, -0.1) is 10.2 Å². The highest BCUT2D eigenvalue weighted by Gasteiger charge is 2.30. The number of urea groups is 1. The predicted molar refractivity (Wildman–Crippen MR) is 141 cm³/mol. The lowest BCUT2D eigenvalue weighted by atomic mass is 10.2. The molecule has 1 aliphatic heterocycles. The minimum absolute atomic E-state index is 0.0683. The molecule has 2 amide bonds. The minimum Gasteiger partial charge on any atom is -0.338 e. The maximum Gasteiger partial charge on any atom is 0.318 e. The van der Waals surface area contributed by atoms with Gasteiger partial charge in [0.25, 0.3) is 0 Å². The molecule has 1 fully saturated rings. The Morgan fingerprint density at radius 3 is 2.54 bits per heavy atom. The van der Waals surface area contributed by atoms with E-state index in [1.54, 1.807) is 18.2 Å².